The Morgan fingerprint density at radius 2 is 2.00 bits per heavy atom. The minimum absolute atomic E-state index is 0.585. The lowest BCUT2D eigenvalue weighted by Crippen LogP contribution is -1.82. The van der Waals surface area contributed by atoms with Crippen molar-refractivity contribution in [2.24, 2.45) is 0 Å². The Balaban J connectivity index is 2.33. The molecule has 0 fully saturated rings. The van der Waals surface area contributed by atoms with E-state index in [1.165, 1.54) is 11.5 Å². The molecule has 0 bridgehead atoms. The molecule has 0 aliphatic carbocycles. The fourth-order valence-corrected chi connectivity index (χ4v) is 1.62. The van der Waals surface area contributed by atoms with E-state index in [0.717, 1.165) is 16.0 Å². The molecule has 2 aromatic rings. The van der Waals surface area contributed by atoms with E-state index in [4.69, 9.17) is 7.85 Å². The molecule has 0 spiro atoms. The van der Waals surface area contributed by atoms with Crippen LogP contribution < -0.4 is 0 Å². The number of aromatic nitrogens is 2. The number of rotatable bonds is 2. The van der Waals surface area contributed by atoms with Gasteiger partial charge in [0.2, 0.25) is 0 Å². The van der Waals surface area contributed by atoms with Crippen molar-refractivity contribution in [1.82, 2.24) is 9.59 Å². The average Bonchev–Trinajstić information content (AvgIpc) is 2.71. The smallest absolute Gasteiger partial charge is 0.0753 e. The lowest BCUT2D eigenvalue weighted by Gasteiger charge is -1.98. The highest BCUT2D eigenvalue weighted by Crippen LogP contribution is 2.21. The second kappa shape index (κ2) is 3.70. The van der Waals surface area contributed by atoms with E-state index in [1.54, 1.807) is 6.20 Å². The van der Waals surface area contributed by atoms with Crippen LogP contribution in [0.2, 0.25) is 0 Å². The summed E-state index contributed by atoms with van der Waals surface area (Å²) in [5, 5.41) is 3.78. The molecule has 62 valence electrons. The molecular weight excluding hydrogens is 179 g/mol. The molecule has 0 aliphatic heterocycles. The van der Waals surface area contributed by atoms with E-state index in [0.29, 0.717) is 6.32 Å². The summed E-state index contributed by atoms with van der Waals surface area (Å²) in [6.45, 7) is 0. The third kappa shape index (κ3) is 1.78. The molecule has 0 N–H and O–H groups in total. The predicted molar refractivity (Wildman–Crippen MR) is 54.8 cm³/mol. The van der Waals surface area contributed by atoms with E-state index in [-0.39, 0.29) is 0 Å². The summed E-state index contributed by atoms with van der Waals surface area (Å²) in [4.78, 5) is 1.09. The van der Waals surface area contributed by atoms with E-state index in [2.05, 4.69) is 9.59 Å². The summed E-state index contributed by atoms with van der Waals surface area (Å²) in [6, 6.07) is 8.12. The molecule has 0 saturated heterocycles. The van der Waals surface area contributed by atoms with Gasteiger partial charge in [0.05, 0.1) is 18.9 Å². The molecule has 2 nitrogen and oxygen atoms in total. The zero-order valence-corrected chi connectivity index (χ0v) is 7.79. The fourth-order valence-electron chi connectivity index (χ4n) is 1.10. The Hall–Kier alpha value is -1.16. The Bertz CT molecular complexity index is 369. The second-order valence-corrected chi connectivity index (χ2v) is 3.47. The van der Waals surface area contributed by atoms with Gasteiger partial charge in [0.1, 0.15) is 0 Å². The third-order valence-electron chi connectivity index (χ3n) is 1.84. The maximum atomic E-state index is 5.50. The molecule has 13 heavy (non-hydrogen) atoms. The van der Waals surface area contributed by atoms with Gasteiger partial charge in [0.25, 0.3) is 0 Å². The van der Waals surface area contributed by atoms with Crippen molar-refractivity contribution >= 4 is 19.4 Å². The molecule has 0 amide bonds. The molecule has 1 aromatic heterocycles. The zero-order valence-electron chi connectivity index (χ0n) is 6.97. The lowest BCUT2D eigenvalue weighted by atomic mass is 9.96. The van der Waals surface area contributed by atoms with Gasteiger partial charge in [-0.2, -0.15) is 0 Å². The van der Waals surface area contributed by atoms with Crippen LogP contribution in [0.25, 0.3) is 10.4 Å². The normalized spacial score (nSPS) is 10.2. The summed E-state index contributed by atoms with van der Waals surface area (Å²) in [7, 11) is 5.50. The standard InChI is InChI=1S/C9H7BN2S/c10-5-7-1-3-8(4-2-7)9-6-11-12-13-9/h1-4,6H,5H2. The van der Waals surface area contributed by atoms with Crippen molar-refractivity contribution in [3.8, 4) is 10.4 Å². The van der Waals surface area contributed by atoms with E-state index >= 15 is 0 Å². The Morgan fingerprint density at radius 3 is 2.54 bits per heavy atom. The summed E-state index contributed by atoms with van der Waals surface area (Å²) < 4.78 is 3.81. The van der Waals surface area contributed by atoms with Crippen molar-refractivity contribution in [1.29, 1.82) is 0 Å². The van der Waals surface area contributed by atoms with E-state index in [9.17, 15) is 0 Å². The van der Waals surface area contributed by atoms with Crippen molar-refractivity contribution in [3.63, 3.8) is 0 Å². The predicted octanol–water partition coefficient (Wildman–Crippen LogP) is 1.87. The minimum atomic E-state index is 0.585. The fraction of sp³-hybridized carbons (Fsp3) is 0.111. The van der Waals surface area contributed by atoms with E-state index < -0.39 is 0 Å². The molecule has 1 heterocycles. The highest BCUT2D eigenvalue weighted by Gasteiger charge is 1.99. The highest BCUT2D eigenvalue weighted by molar-refractivity contribution is 7.09. The average molecular weight is 186 g/mol. The van der Waals surface area contributed by atoms with Crippen LogP contribution in [0.4, 0.5) is 0 Å². The van der Waals surface area contributed by atoms with Gasteiger partial charge < -0.3 is 0 Å². The Morgan fingerprint density at radius 1 is 1.23 bits per heavy atom. The van der Waals surface area contributed by atoms with Gasteiger partial charge in [-0.1, -0.05) is 40.6 Å². The molecule has 2 rings (SSSR count). The first kappa shape index (κ1) is 8.44. The number of hydrogen-bond acceptors (Lipinski definition) is 3. The molecule has 0 unspecified atom stereocenters. The van der Waals surface area contributed by atoms with Gasteiger partial charge in [-0.05, 0) is 17.1 Å². The quantitative estimate of drug-likeness (QED) is 0.669. The molecule has 4 heteroatoms. The molecular formula is C9H7BN2S. The zero-order chi connectivity index (χ0) is 9.10. The molecule has 0 saturated carbocycles. The van der Waals surface area contributed by atoms with Crippen molar-refractivity contribution in [3.05, 3.63) is 36.0 Å². The maximum absolute atomic E-state index is 5.50. The first-order valence-corrected chi connectivity index (χ1v) is 4.74. The number of benzene rings is 1. The number of hydrogen-bond donors (Lipinski definition) is 0. The van der Waals surface area contributed by atoms with Gasteiger partial charge >= 0.3 is 0 Å². The van der Waals surface area contributed by atoms with Gasteiger partial charge in [-0.25, -0.2) is 0 Å². The van der Waals surface area contributed by atoms with Gasteiger partial charge in [0, 0.05) is 0 Å². The highest BCUT2D eigenvalue weighted by atomic mass is 32.1. The van der Waals surface area contributed by atoms with Crippen LogP contribution in [0, 0.1) is 0 Å². The van der Waals surface area contributed by atoms with Crippen LogP contribution >= 0.6 is 11.5 Å². The summed E-state index contributed by atoms with van der Waals surface area (Å²) in [5.41, 5.74) is 2.29. The van der Waals surface area contributed by atoms with Gasteiger partial charge in [0.15, 0.2) is 0 Å². The summed E-state index contributed by atoms with van der Waals surface area (Å²) >= 11 is 1.40. The molecule has 0 aliphatic rings. The minimum Gasteiger partial charge on any atom is -0.146 e. The Labute approximate surface area is 82.2 Å². The largest absolute Gasteiger partial charge is 0.146 e. The molecule has 2 radical (unpaired) electrons. The SMILES string of the molecule is [B]Cc1ccc(-c2cnns2)cc1. The second-order valence-electron chi connectivity index (χ2n) is 2.68. The van der Waals surface area contributed by atoms with Crippen LogP contribution in [0.3, 0.4) is 0 Å². The summed E-state index contributed by atoms with van der Waals surface area (Å²) in [6.07, 6.45) is 2.35. The van der Waals surface area contributed by atoms with Crippen LogP contribution in [0.5, 0.6) is 0 Å². The third-order valence-corrected chi connectivity index (χ3v) is 2.55. The molecule has 0 atom stereocenters. The van der Waals surface area contributed by atoms with Crippen molar-refractivity contribution in [2.75, 3.05) is 0 Å². The topological polar surface area (TPSA) is 25.8 Å². The molecule has 1 aromatic carbocycles. The lowest BCUT2D eigenvalue weighted by molar-refractivity contribution is 1.16. The van der Waals surface area contributed by atoms with Crippen molar-refractivity contribution in [2.45, 2.75) is 6.32 Å². The van der Waals surface area contributed by atoms with Gasteiger partial charge in [-0.15, -0.1) is 5.10 Å². The van der Waals surface area contributed by atoms with Gasteiger partial charge in [-0.3, -0.25) is 0 Å². The first-order valence-electron chi connectivity index (χ1n) is 3.97. The van der Waals surface area contributed by atoms with Crippen LogP contribution in [-0.4, -0.2) is 17.4 Å². The number of nitrogens with zero attached hydrogens (tertiary/aromatic N) is 2. The van der Waals surface area contributed by atoms with Crippen LogP contribution in [-0.2, 0) is 6.32 Å². The van der Waals surface area contributed by atoms with Crippen LogP contribution in [0.15, 0.2) is 30.5 Å². The van der Waals surface area contributed by atoms with Crippen LogP contribution in [0.1, 0.15) is 5.56 Å². The van der Waals surface area contributed by atoms with E-state index in [1.807, 2.05) is 24.3 Å². The monoisotopic (exact) mass is 186 g/mol. The first-order chi connectivity index (χ1) is 6.40. The van der Waals surface area contributed by atoms with Crippen molar-refractivity contribution < 1.29 is 0 Å². The Kier molecular flexibility index (Phi) is 2.41. The maximum Gasteiger partial charge on any atom is 0.0753 e. The summed E-state index contributed by atoms with van der Waals surface area (Å²) in [5.74, 6) is 0.